The molecule has 4 nitrogen and oxygen atoms in total. The molecule has 114 valence electrons. The molecule has 4 heteroatoms. The first-order valence-electron chi connectivity index (χ1n) is 7.49. The van der Waals surface area contributed by atoms with Crippen molar-refractivity contribution in [3.8, 4) is 5.75 Å². The van der Waals surface area contributed by atoms with E-state index in [0.717, 1.165) is 43.1 Å². The zero-order valence-electron chi connectivity index (χ0n) is 12.7. The van der Waals surface area contributed by atoms with Crippen LogP contribution in [-0.2, 0) is 4.74 Å². The number of morpholine rings is 1. The second kappa shape index (κ2) is 6.62. The Labute approximate surface area is 130 Å². The molecular formula is C18H20N2O2. The number of anilines is 1. The average Bonchev–Trinajstić information content (AvgIpc) is 2.57. The Morgan fingerprint density at radius 2 is 1.82 bits per heavy atom. The van der Waals surface area contributed by atoms with E-state index in [-0.39, 0.29) is 5.75 Å². The number of aryl methyl sites for hydroxylation is 1. The third-order valence-corrected chi connectivity index (χ3v) is 3.85. The number of ether oxygens (including phenoxy) is 1. The summed E-state index contributed by atoms with van der Waals surface area (Å²) >= 11 is 0. The molecule has 1 saturated heterocycles. The smallest absolute Gasteiger partial charge is 0.127 e. The van der Waals surface area contributed by atoms with E-state index in [0.29, 0.717) is 0 Å². The van der Waals surface area contributed by atoms with E-state index in [4.69, 9.17) is 4.74 Å². The van der Waals surface area contributed by atoms with Gasteiger partial charge in [0.1, 0.15) is 5.75 Å². The fourth-order valence-corrected chi connectivity index (χ4v) is 2.50. The van der Waals surface area contributed by atoms with Crippen molar-refractivity contribution in [1.29, 1.82) is 0 Å². The van der Waals surface area contributed by atoms with E-state index in [1.807, 2.05) is 37.3 Å². The quantitative estimate of drug-likeness (QED) is 0.884. The number of benzene rings is 2. The number of hydrogen-bond acceptors (Lipinski definition) is 4. The molecule has 2 aromatic carbocycles. The summed E-state index contributed by atoms with van der Waals surface area (Å²) in [5.41, 5.74) is 3.66. The van der Waals surface area contributed by atoms with Crippen LogP contribution < -0.4 is 4.90 Å². The molecule has 0 bridgehead atoms. The van der Waals surface area contributed by atoms with E-state index in [2.05, 4.69) is 22.0 Å². The van der Waals surface area contributed by atoms with E-state index >= 15 is 0 Å². The molecule has 0 unspecified atom stereocenters. The largest absolute Gasteiger partial charge is 0.507 e. The Morgan fingerprint density at radius 3 is 2.55 bits per heavy atom. The summed E-state index contributed by atoms with van der Waals surface area (Å²) in [7, 11) is 0. The Hall–Kier alpha value is -2.33. The maximum Gasteiger partial charge on any atom is 0.127 e. The van der Waals surface area contributed by atoms with Gasteiger partial charge in [0.05, 0.1) is 18.9 Å². The molecule has 22 heavy (non-hydrogen) atoms. The molecular weight excluding hydrogens is 276 g/mol. The van der Waals surface area contributed by atoms with E-state index < -0.39 is 0 Å². The highest BCUT2D eigenvalue weighted by molar-refractivity contribution is 5.86. The predicted octanol–water partition coefficient (Wildman–Crippen LogP) is 3.29. The number of hydrogen-bond donors (Lipinski definition) is 1. The fraction of sp³-hybridized carbons (Fsp3) is 0.278. The zero-order valence-corrected chi connectivity index (χ0v) is 12.7. The molecule has 0 aliphatic carbocycles. The highest BCUT2D eigenvalue weighted by Crippen LogP contribution is 2.23. The molecule has 0 saturated carbocycles. The average molecular weight is 296 g/mol. The lowest BCUT2D eigenvalue weighted by Crippen LogP contribution is -2.36. The molecule has 2 aromatic rings. The van der Waals surface area contributed by atoms with Crippen molar-refractivity contribution in [1.82, 2.24) is 0 Å². The second-order valence-corrected chi connectivity index (χ2v) is 5.39. The second-order valence-electron chi connectivity index (χ2n) is 5.39. The van der Waals surface area contributed by atoms with Crippen LogP contribution in [0, 0.1) is 6.92 Å². The number of para-hydroxylation sites is 1. The number of rotatable bonds is 3. The van der Waals surface area contributed by atoms with Gasteiger partial charge in [-0.1, -0.05) is 12.1 Å². The van der Waals surface area contributed by atoms with Gasteiger partial charge in [-0.15, -0.1) is 0 Å². The van der Waals surface area contributed by atoms with Crippen molar-refractivity contribution in [3.05, 3.63) is 53.6 Å². The Morgan fingerprint density at radius 1 is 1.09 bits per heavy atom. The third-order valence-electron chi connectivity index (χ3n) is 3.85. The van der Waals surface area contributed by atoms with Crippen LogP contribution in [0.15, 0.2) is 47.5 Å². The maximum absolute atomic E-state index is 9.98. The first-order chi connectivity index (χ1) is 10.7. The molecule has 1 fully saturated rings. The van der Waals surface area contributed by atoms with Gasteiger partial charge in [0, 0.05) is 30.6 Å². The first kappa shape index (κ1) is 14.6. The Balaban J connectivity index is 1.73. The van der Waals surface area contributed by atoms with Gasteiger partial charge in [0.15, 0.2) is 0 Å². The minimum absolute atomic E-state index is 0.288. The lowest BCUT2D eigenvalue weighted by Gasteiger charge is -2.28. The van der Waals surface area contributed by atoms with Crippen molar-refractivity contribution in [3.63, 3.8) is 0 Å². The molecule has 0 spiro atoms. The summed E-state index contributed by atoms with van der Waals surface area (Å²) in [5, 5.41) is 9.98. The number of phenols is 1. The van der Waals surface area contributed by atoms with Crippen molar-refractivity contribution in [2.75, 3.05) is 31.2 Å². The summed E-state index contributed by atoms with van der Waals surface area (Å²) in [6.45, 7) is 5.31. The lowest BCUT2D eigenvalue weighted by molar-refractivity contribution is 0.122. The van der Waals surface area contributed by atoms with Crippen LogP contribution >= 0.6 is 0 Å². The highest BCUT2D eigenvalue weighted by Gasteiger charge is 2.10. The first-order valence-corrected chi connectivity index (χ1v) is 7.49. The zero-order chi connectivity index (χ0) is 15.4. The normalized spacial score (nSPS) is 15.4. The van der Waals surface area contributed by atoms with Crippen molar-refractivity contribution in [2.45, 2.75) is 6.92 Å². The van der Waals surface area contributed by atoms with Crippen LogP contribution in [0.1, 0.15) is 11.1 Å². The molecule has 1 aliphatic heterocycles. The van der Waals surface area contributed by atoms with Crippen LogP contribution in [0.5, 0.6) is 5.75 Å². The van der Waals surface area contributed by atoms with Gasteiger partial charge in [-0.2, -0.15) is 0 Å². The lowest BCUT2D eigenvalue weighted by atomic mass is 10.1. The number of nitrogens with zero attached hydrogens (tertiary/aromatic N) is 2. The van der Waals surface area contributed by atoms with Gasteiger partial charge in [-0.3, -0.25) is 4.99 Å². The summed E-state index contributed by atoms with van der Waals surface area (Å²) < 4.78 is 5.36. The molecule has 3 rings (SSSR count). The van der Waals surface area contributed by atoms with Gasteiger partial charge in [-0.25, -0.2) is 0 Å². The molecule has 0 radical (unpaired) electrons. The summed E-state index contributed by atoms with van der Waals surface area (Å²) in [6, 6.07) is 13.8. The summed E-state index contributed by atoms with van der Waals surface area (Å²) in [4.78, 5) is 6.75. The minimum Gasteiger partial charge on any atom is -0.507 e. The van der Waals surface area contributed by atoms with Crippen LogP contribution in [-0.4, -0.2) is 37.6 Å². The van der Waals surface area contributed by atoms with E-state index in [1.54, 1.807) is 6.21 Å². The van der Waals surface area contributed by atoms with E-state index in [9.17, 15) is 5.11 Å². The number of aromatic hydroxyl groups is 1. The molecule has 1 aliphatic rings. The van der Waals surface area contributed by atoms with E-state index in [1.165, 1.54) is 5.69 Å². The van der Waals surface area contributed by atoms with Gasteiger partial charge < -0.3 is 14.7 Å². The monoisotopic (exact) mass is 296 g/mol. The van der Waals surface area contributed by atoms with Gasteiger partial charge >= 0.3 is 0 Å². The van der Waals surface area contributed by atoms with Crippen LogP contribution in [0.2, 0.25) is 0 Å². The van der Waals surface area contributed by atoms with Crippen LogP contribution in [0.25, 0.3) is 0 Å². The van der Waals surface area contributed by atoms with Crippen LogP contribution in [0.3, 0.4) is 0 Å². The topological polar surface area (TPSA) is 45.1 Å². The Bertz CT molecular complexity index is 659. The molecule has 1 N–H and O–H groups in total. The standard InChI is InChI=1S/C18H20N2O2/c1-14-3-2-4-15(18(14)21)13-19-16-5-7-17(8-6-16)20-9-11-22-12-10-20/h2-8,13,21H,9-12H2,1H3. The molecule has 0 atom stereocenters. The molecule has 1 heterocycles. The third kappa shape index (κ3) is 3.28. The molecule has 0 aromatic heterocycles. The predicted molar refractivity (Wildman–Crippen MR) is 89.6 cm³/mol. The van der Waals surface area contributed by atoms with Crippen molar-refractivity contribution in [2.24, 2.45) is 4.99 Å². The van der Waals surface area contributed by atoms with Crippen molar-refractivity contribution >= 4 is 17.6 Å². The number of aliphatic imine (C=N–C) groups is 1. The van der Waals surface area contributed by atoms with Gasteiger partial charge in [0.2, 0.25) is 0 Å². The van der Waals surface area contributed by atoms with Crippen molar-refractivity contribution < 1.29 is 9.84 Å². The number of phenolic OH excluding ortho intramolecular Hbond substituents is 1. The fourth-order valence-electron chi connectivity index (χ4n) is 2.50. The van der Waals surface area contributed by atoms with Gasteiger partial charge in [-0.05, 0) is 42.8 Å². The summed E-state index contributed by atoms with van der Waals surface area (Å²) in [5.74, 6) is 0.288. The minimum atomic E-state index is 0.288. The Kier molecular flexibility index (Phi) is 4.39. The van der Waals surface area contributed by atoms with Crippen LogP contribution in [0.4, 0.5) is 11.4 Å². The van der Waals surface area contributed by atoms with Gasteiger partial charge in [0.25, 0.3) is 0 Å². The SMILES string of the molecule is Cc1cccc(C=Nc2ccc(N3CCOCC3)cc2)c1O. The maximum atomic E-state index is 9.98. The molecule has 0 amide bonds. The highest BCUT2D eigenvalue weighted by atomic mass is 16.5. The summed E-state index contributed by atoms with van der Waals surface area (Å²) in [6.07, 6.45) is 1.70.